The van der Waals surface area contributed by atoms with Crippen LogP contribution >= 0.6 is 11.3 Å². The lowest BCUT2D eigenvalue weighted by Gasteiger charge is -2.34. The molecule has 1 aromatic carbocycles. The maximum Gasteiger partial charge on any atom is 0.435 e. The Morgan fingerprint density at radius 3 is 2.76 bits per heavy atom. The first-order valence-corrected chi connectivity index (χ1v) is 12.3. The normalized spacial score (nSPS) is 16.6. The summed E-state index contributed by atoms with van der Waals surface area (Å²) in [5.74, 6) is -1.75. The molecule has 0 spiro atoms. The summed E-state index contributed by atoms with van der Waals surface area (Å²) in [5.41, 5.74) is -0.0241. The topological polar surface area (TPSA) is 74.0 Å². The van der Waals surface area contributed by atoms with Crippen LogP contribution in [-0.4, -0.2) is 40.2 Å². The van der Waals surface area contributed by atoms with Crippen molar-refractivity contribution in [2.75, 3.05) is 13.6 Å². The highest BCUT2D eigenvalue weighted by molar-refractivity contribution is 7.12. The summed E-state index contributed by atoms with van der Waals surface area (Å²) < 4.78 is 57.9. The summed E-state index contributed by atoms with van der Waals surface area (Å²) in [6.45, 7) is 4.02. The van der Waals surface area contributed by atoms with Gasteiger partial charge in [-0.15, -0.1) is 11.3 Å². The molecule has 1 aliphatic rings. The van der Waals surface area contributed by atoms with E-state index in [4.69, 9.17) is 0 Å². The van der Waals surface area contributed by atoms with Crippen LogP contribution in [0.2, 0.25) is 0 Å². The first-order chi connectivity index (χ1) is 17.5. The Hall–Kier alpha value is -3.49. The standard InChI is InChI=1S/C26H25F4N5OS/c1-14(32-3)8-9-22(36)35-12-17(23-15(2)20(10-31)37-21(23)13-35)16-6-5-7-19(27)24(16)18-11-34(4)33-25(18)26(28,29)30/h5-9,11,14,17,32H,12-13H2,1-4H3/b9-8+/t14-,17-/m0/s1. The summed E-state index contributed by atoms with van der Waals surface area (Å²) in [7, 11) is 3.11. The van der Waals surface area contributed by atoms with E-state index >= 15 is 4.39 Å². The highest BCUT2D eigenvalue weighted by Crippen LogP contribution is 2.46. The van der Waals surface area contributed by atoms with Crippen LogP contribution in [0.1, 0.15) is 45.0 Å². The van der Waals surface area contributed by atoms with E-state index in [-0.39, 0.29) is 36.2 Å². The summed E-state index contributed by atoms with van der Waals surface area (Å²) >= 11 is 1.25. The smallest absolute Gasteiger partial charge is 0.333 e. The van der Waals surface area contributed by atoms with Crippen molar-refractivity contribution in [3.63, 3.8) is 0 Å². The highest BCUT2D eigenvalue weighted by atomic mass is 32.1. The van der Waals surface area contributed by atoms with Gasteiger partial charge in [0.2, 0.25) is 5.91 Å². The molecule has 0 bridgehead atoms. The fourth-order valence-corrected chi connectivity index (χ4v) is 5.84. The zero-order valence-corrected chi connectivity index (χ0v) is 21.5. The second kappa shape index (κ2) is 10.1. The number of rotatable bonds is 5. The van der Waals surface area contributed by atoms with Crippen LogP contribution in [-0.2, 0) is 24.6 Å². The van der Waals surface area contributed by atoms with Gasteiger partial charge in [0.25, 0.3) is 0 Å². The molecule has 37 heavy (non-hydrogen) atoms. The van der Waals surface area contributed by atoms with Gasteiger partial charge in [-0.05, 0) is 43.7 Å². The molecule has 0 radical (unpaired) electrons. The number of benzene rings is 1. The van der Waals surface area contributed by atoms with E-state index in [2.05, 4.69) is 16.5 Å². The van der Waals surface area contributed by atoms with E-state index in [9.17, 15) is 23.2 Å². The third-order valence-corrected chi connectivity index (χ3v) is 7.74. The average molecular weight is 532 g/mol. The van der Waals surface area contributed by atoms with Crippen molar-refractivity contribution < 1.29 is 22.4 Å². The number of hydrogen-bond acceptors (Lipinski definition) is 5. The Labute approximate surface area is 215 Å². The number of amides is 1. The number of halogens is 4. The molecule has 194 valence electrons. The second-order valence-corrected chi connectivity index (χ2v) is 10.1. The van der Waals surface area contributed by atoms with Crippen molar-refractivity contribution in [2.45, 2.75) is 38.5 Å². The Balaban J connectivity index is 1.90. The second-order valence-electron chi connectivity index (χ2n) is 8.98. The number of fused-ring (bicyclic) bond motifs is 1. The molecule has 4 rings (SSSR count). The average Bonchev–Trinajstić information content (AvgIpc) is 3.40. The predicted octanol–water partition coefficient (Wildman–Crippen LogP) is 5.12. The molecule has 6 nitrogen and oxygen atoms in total. The number of nitrogens with one attached hydrogen (secondary N) is 1. The molecule has 0 fully saturated rings. The third kappa shape index (κ3) is 5.04. The maximum atomic E-state index is 15.4. The van der Waals surface area contributed by atoms with Crippen LogP contribution in [0, 0.1) is 24.1 Å². The predicted molar refractivity (Wildman–Crippen MR) is 132 cm³/mol. The molecule has 11 heteroatoms. The Morgan fingerprint density at radius 2 is 2.11 bits per heavy atom. The molecule has 1 N–H and O–H groups in total. The minimum atomic E-state index is -4.79. The van der Waals surface area contributed by atoms with E-state index in [0.717, 1.165) is 27.4 Å². The van der Waals surface area contributed by atoms with E-state index in [1.165, 1.54) is 30.5 Å². The van der Waals surface area contributed by atoms with Gasteiger partial charge in [0.1, 0.15) is 16.8 Å². The molecule has 0 unspecified atom stereocenters. The van der Waals surface area contributed by atoms with E-state index in [1.807, 2.05) is 6.92 Å². The van der Waals surface area contributed by atoms with Gasteiger partial charge in [0.15, 0.2) is 5.69 Å². The van der Waals surface area contributed by atoms with Crippen LogP contribution in [0.5, 0.6) is 0 Å². The fourth-order valence-electron chi connectivity index (χ4n) is 4.66. The number of aryl methyl sites for hydroxylation is 1. The maximum absolute atomic E-state index is 15.4. The zero-order chi connectivity index (χ0) is 27.1. The zero-order valence-electron chi connectivity index (χ0n) is 20.7. The van der Waals surface area contributed by atoms with Gasteiger partial charge in [0, 0.05) is 53.8 Å². The van der Waals surface area contributed by atoms with Gasteiger partial charge < -0.3 is 10.2 Å². The highest BCUT2D eigenvalue weighted by Gasteiger charge is 2.40. The SMILES string of the molecule is CN[C@@H](C)/C=C/C(=O)N1Cc2sc(C#N)c(C)c2[C@H](c2cccc(F)c2-c2cn(C)nc2C(F)(F)F)C1. The molecular formula is C26H25F4N5OS. The number of thiophene rings is 1. The van der Waals surface area contributed by atoms with Crippen molar-refractivity contribution in [1.29, 1.82) is 5.26 Å². The number of aromatic nitrogens is 2. The van der Waals surface area contributed by atoms with Crippen LogP contribution in [0.3, 0.4) is 0 Å². The Bertz CT molecular complexity index is 1420. The fraction of sp³-hybridized carbons (Fsp3) is 0.346. The van der Waals surface area contributed by atoms with Gasteiger partial charge >= 0.3 is 6.18 Å². The lowest BCUT2D eigenvalue weighted by atomic mass is 9.81. The minimum absolute atomic E-state index is 0.0459. The quantitative estimate of drug-likeness (QED) is 0.366. The molecule has 0 saturated carbocycles. The van der Waals surface area contributed by atoms with Crippen molar-refractivity contribution in [3.05, 3.63) is 74.5 Å². The lowest BCUT2D eigenvalue weighted by Crippen LogP contribution is -2.37. The van der Waals surface area contributed by atoms with Crippen molar-refractivity contribution in [1.82, 2.24) is 20.0 Å². The molecule has 1 amide bonds. The van der Waals surface area contributed by atoms with Gasteiger partial charge in [-0.2, -0.15) is 23.5 Å². The van der Waals surface area contributed by atoms with Gasteiger partial charge in [-0.1, -0.05) is 18.2 Å². The molecule has 0 aliphatic carbocycles. The molecule has 0 saturated heterocycles. The number of alkyl halides is 3. The van der Waals surface area contributed by atoms with Crippen molar-refractivity contribution in [2.24, 2.45) is 7.05 Å². The van der Waals surface area contributed by atoms with Crippen LogP contribution < -0.4 is 5.32 Å². The Kier molecular flexibility index (Phi) is 7.26. The molecule has 3 aromatic rings. The number of nitrogens with zero attached hydrogens (tertiary/aromatic N) is 4. The number of carbonyl (C=O) groups excluding carboxylic acids is 1. The van der Waals surface area contributed by atoms with Crippen LogP contribution in [0.15, 0.2) is 36.5 Å². The molecular weight excluding hydrogens is 506 g/mol. The van der Waals surface area contributed by atoms with Crippen LogP contribution in [0.25, 0.3) is 11.1 Å². The number of likely N-dealkylation sites (N-methyl/N-ethyl adjacent to an activating group) is 1. The molecule has 3 heterocycles. The number of nitriles is 1. The Morgan fingerprint density at radius 1 is 1.38 bits per heavy atom. The van der Waals surface area contributed by atoms with Crippen LogP contribution in [0.4, 0.5) is 17.6 Å². The lowest BCUT2D eigenvalue weighted by molar-refractivity contribution is -0.141. The summed E-state index contributed by atoms with van der Waals surface area (Å²) in [5, 5.41) is 16.2. The van der Waals surface area contributed by atoms with E-state index in [1.54, 1.807) is 31.0 Å². The van der Waals surface area contributed by atoms with Gasteiger partial charge in [0.05, 0.1) is 6.54 Å². The molecule has 2 aromatic heterocycles. The van der Waals surface area contributed by atoms with Crippen molar-refractivity contribution in [3.8, 4) is 17.2 Å². The summed E-state index contributed by atoms with van der Waals surface area (Å²) in [6.07, 6.45) is -0.478. The monoisotopic (exact) mass is 531 g/mol. The first-order valence-electron chi connectivity index (χ1n) is 11.5. The van der Waals surface area contributed by atoms with E-state index in [0.29, 0.717) is 16.0 Å². The van der Waals surface area contributed by atoms with Crippen molar-refractivity contribution >= 4 is 17.2 Å². The largest absolute Gasteiger partial charge is 0.435 e. The van der Waals surface area contributed by atoms with Gasteiger partial charge in [-0.3, -0.25) is 9.48 Å². The summed E-state index contributed by atoms with van der Waals surface area (Å²) in [4.78, 5) is 15.9. The number of hydrogen-bond donors (Lipinski definition) is 1. The minimum Gasteiger partial charge on any atom is -0.333 e. The number of carbonyl (C=O) groups is 1. The summed E-state index contributed by atoms with van der Waals surface area (Å²) in [6, 6.07) is 6.25. The molecule has 2 atom stereocenters. The van der Waals surface area contributed by atoms with Gasteiger partial charge in [-0.25, -0.2) is 4.39 Å². The third-order valence-electron chi connectivity index (χ3n) is 6.54. The van der Waals surface area contributed by atoms with E-state index < -0.39 is 23.6 Å². The molecule has 1 aliphatic heterocycles. The first kappa shape index (κ1) is 26.6.